The van der Waals surface area contributed by atoms with Crippen molar-refractivity contribution in [2.24, 2.45) is 11.7 Å². The average Bonchev–Trinajstić information content (AvgIpc) is 2.45. The number of amides is 1. The molecule has 1 unspecified atom stereocenters. The third-order valence-electron chi connectivity index (χ3n) is 4.54. The molecule has 1 heterocycles. The highest BCUT2D eigenvalue weighted by Crippen LogP contribution is 2.22. The molecule has 20 heavy (non-hydrogen) atoms. The number of nitrogens with two attached hydrogens (primary N) is 1. The zero-order chi connectivity index (χ0) is 14.8. The molecule has 118 valence electrons. The molecule has 1 rings (SSSR count). The summed E-state index contributed by atoms with van der Waals surface area (Å²) >= 11 is 0. The lowest BCUT2D eigenvalue weighted by molar-refractivity contribution is -0.133. The zero-order valence-electron chi connectivity index (χ0n) is 13.6. The number of hydrogen-bond donors (Lipinski definition) is 1. The third-order valence-corrected chi connectivity index (χ3v) is 4.54. The maximum atomic E-state index is 12.4. The Hall–Kier alpha value is -0.570. The summed E-state index contributed by atoms with van der Waals surface area (Å²) < 4.78 is 0. The van der Waals surface area contributed by atoms with Crippen molar-refractivity contribution in [2.45, 2.75) is 84.1 Å². The van der Waals surface area contributed by atoms with Gasteiger partial charge in [-0.2, -0.15) is 0 Å². The molecule has 1 atom stereocenters. The van der Waals surface area contributed by atoms with Gasteiger partial charge in [-0.25, -0.2) is 0 Å². The highest BCUT2D eigenvalue weighted by molar-refractivity contribution is 5.76. The average molecular weight is 282 g/mol. The number of piperidine rings is 1. The molecule has 0 bridgehead atoms. The van der Waals surface area contributed by atoms with E-state index in [1.54, 1.807) is 0 Å². The van der Waals surface area contributed by atoms with Gasteiger partial charge in [0.15, 0.2) is 0 Å². The maximum absolute atomic E-state index is 12.4. The van der Waals surface area contributed by atoms with Crippen molar-refractivity contribution in [3.63, 3.8) is 0 Å². The van der Waals surface area contributed by atoms with E-state index in [1.165, 1.54) is 44.9 Å². The number of carbonyl (C=O) groups is 1. The fraction of sp³-hybridized carbons (Fsp3) is 0.941. The van der Waals surface area contributed by atoms with Crippen LogP contribution in [0.5, 0.6) is 0 Å². The van der Waals surface area contributed by atoms with E-state index in [-0.39, 0.29) is 0 Å². The largest absolute Gasteiger partial charge is 0.343 e. The van der Waals surface area contributed by atoms with Crippen LogP contribution < -0.4 is 5.73 Å². The van der Waals surface area contributed by atoms with Crippen LogP contribution in [0.4, 0.5) is 0 Å². The van der Waals surface area contributed by atoms with E-state index < -0.39 is 0 Å². The van der Waals surface area contributed by atoms with Gasteiger partial charge < -0.3 is 10.6 Å². The second kappa shape index (κ2) is 10.2. The molecule has 1 amide bonds. The van der Waals surface area contributed by atoms with Gasteiger partial charge in [-0.3, -0.25) is 4.79 Å². The van der Waals surface area contributed by atoms with Crippen molar-refractivity contribution < 1.29 is 4.79 Å². The second-order valence-corrected chi connectivity index (χ2v) is 6.43. The molecule has 1 aliphatic rings. The monoisotopic (exact) mass is 282 g/mol. The van der Waals surface area contributed by atoms with E-state index in [0.29, 0.717) is 17.9 Å². The molecular formula is C17H34N2O. The summed E-state index contributed by atoms with van der Waals surface area (Å²) in [4.78, 5) is 14.4. The number of hydrogen-bond acceptors (Lipinski definition) is 2. The van der Waals surface area contributed by atoms with Crippen molar-refractivity contribution in [1.29, 1.82) is 0 Å². The molecule has 0 aromatic carbocycles. The van der Waals surface area contributed by atoms with Crippen LogP contribution in [0.1, 0.15) is 78.1 Å². The van der Waals surface area contributed by atoms with E-state index >= 15 is 0 Å². The quantitative estimate of drug-likeness (QED) is 0.655. The van der Waals surface area contributed by atoms with Crippen LogP contribution in [-0.4, -0.2) is 29.9 Å². The molecule has 0 spiro atoms. The fourth-order valence-corrected chi connectivity index (χ4v) is 3.05. The molecule has 1 saturated heterocycles. The van der Waals surface area contributed by atoms with E-state index in [1.807, 2.05) is 4.90 Å². The van der Waals surface area contributed by atoms with Gasteiger partial charge in [0.05, 0.1) is 0 Å². The normalized spacial score (nSPS) is 18.2. The summed E-state index contributed by atoms with van der Waals surface area (Å²) in [5.74, 6) is 0.971. The van der Waals surface area contributed by atoms with Crippen LogP contribution in [0.2, 0.25) is 0 Å². The molecule has 1 fully saturated rings. The first kappa shape index (κ1) is 17.5. The Morgan fingerprint density at radius 3 is 2.30 bits per heavy atom. The lowest BCUT2D eigenvalue weighted by Crippen LogP contribution is -2.43. The predicted octanol–water partition coefficient (Wildman–Crippen LogP) is 3.71. The Morgan fingerprint density at radius 1 is 1.10 bits per heavy atom. The number of unbranched alkanes of at least 4 members (excludes halogenated alkanes) is 3. The van der Waals surface area contributed by atoms with Gasteiger partial charge in [0.2, 0.25) is 5.91 Å². The second-order valence-electron chi connectivity index (χ2n) is 6.43. The van der Waals surface area contributed by atoms with Gasteiger partial charge in [0.1, 0.15) is 0 Å². The minimum atomic E-state index is 0.305. The molecule has 0 aromatic heterocycles. The summed E-state index contributed by atoms with van der Waals surface area (Å²) in [6.07, 6.45) is 11.5. The summed E-state index contributed by atoms with van der Waals surface area (Å²) in [5.41, 5.74) is 5.91. The van der Waals surface area contributed by atoms with Crippen LogP contribution in [0.25, 0.3) is 0 Å². The smallest absolute Gasteiger partial charge is 0.222 e. The van der Waals surface area contributed by atoms with E-state index in [0.717, 1.165) is 32.4 Å². The topological polar surface area (TPSA) is 46.3 Å². The van der Waals surface area contributed by atoms with Crippen molar-refractivity contribution in [2.75, 3.05) is 13.1 Å². The first-order chi connectivity index (χ1) is 9.67. The van der Waals surface area contributed by atoms with Crippen molar-refractivity contribution in [1.82, 2.24) is 4.90 Å². The van der Waals surface area contributed by atoms with Crippen LogP contribution in [0.3, 0.4) is 0 Å². The SMILES string of the molecule is CCCCCC(CCCC)CC(=O)N1CCC(N)CC1. The number of rotatable bonds is 9. The molecule has 0 aromatic rings. The molecule has 1 aliphatic heterocycles. The van der Waals surface area contributed by atoms with E-state index in [2.05, 4.69) is 13.8 Å². The Balaban J connectivity index is 2.35. The Bertz CT molecular complexity index is 260. The van der Waals surface area contributed by atoms with Crippen LogP contribution in [0.15, 0.2) is 0 Å². The van der Waals surface area contributed by atoms with Crippen LogP contribution in [0, 0.1) is 5.92 Å². The molecule has 0 saturated carbocycles. The lowest BCUT2D eigenvalue weighted by atomic mass is 9.91. The van der Waals surface area contributed by atoms with Gasteiger partial charge in [-0.05, 0) is 31.6 Å². The highest BCUT2D eigenvalue weighted by atomic mass is 16.2. The van der Waals surface area contributed by atoms with Gasteiger partial charge in [-0.1, -0.05) is 46.0 Å². The number of nitrogens with zero attached hydrogens (tertiary/aromatic N) is 1. The molecule has 3 heteroatoms. The molecule has 0 radical (unpaired) electrons. The number of likely N-dealkylation sites (tertiary alicyclic amines) is 1. The van der Waals surface area contributed by atoms with Crippen molar-refractivity contribution in [3.05, 3.63) is 0 Å². The Morgan fingerprint density at radius 2 is 1.70 bits per heavy atom. The number of carbonyl (C=O) groups excluding carboxylic acids is 1. The molecule has 0 aliphatic carbocycles. The van der Waals surface area contributed by atoms with Gasteiger partial charge >= 0.3 is 0 Å². The van der Waals surface area contributed by atoms with Gasteiger partial charge in [0, 0.05) is 25.6 Å². The fourth-order valence-electron chi connectivity index (χ4n) is 3.05. The van der Waals surface area contributed by atoms with E-state index in [9.17, 15) is 4.79 Å². The van der Waals surface area contributed by atoms with Crippen molar-refractivity contribution >= 4 is 5.91 Å². The maximum Gasteiger partial charge on any atom is 0.222 e. The Kier molecular flexibility index (Phi) is 8.92. The zero-order valence-corrected chi connectivity index (χ0v) is 13.6. The highest BCUT2D eigenvalue weighted by Gasteiger charge is 2.22. The summed E-state index contributed by atoms with van der Waals surface area (Å²) in [6.45, 7) is 6.21. The Labute approximate surface area is 125 Å². The summed E-state index contributed by atoms with van der Waals surface area (Å²) in [5, 5.41) is 0. The third kappa shape index (κ3) is 6.74. The molecule has 2 N–H and O–H groups in total. The van der Waals surface area contributed by atoms with E-state index in [4.69, 9.17) is 5.73 Å². The van der Waals surface area contributed by atoms with Gasteiger partial charge in [0.25, 0.3) is 0 Å². The standard InChI is InChI=1S/C17H34N2O/c1-3-5-7-9-15(8-6-4-2)14-17(20)19-12-10-16(18)11-13-19/h15-16H,3-14,18H2,1-2H3. The van der Waals surface area contributed by atoms with Crippen molar-refractivity contribution in [3.8, 4) is 0 Å². The molecular weight excluding hydrogens is 248 g/mol. The molecule has 3 nitrogen and oxygen atoms in total. The minimum Gasteiger partial charge on any atom is -0.343 e. The van der Waals surface area contributed by atoms with Gasteiger partial charge in [-0.15, -0.1) is 0 Å². The minimum absolute atomic E-state index is 0.305. The van der Waals surface area contributed by atoms with Crippen LogP contribution >= 0.6 is 0 Å². The summed E-state index contributed by atoms with van der Waals surface area (Å²) in [6, 6.07) is 0.305. The van der Waals surface area contributed by atoms with Crippen LogP contribution in [-0.2, 0) is 4.79 Å². The summed E-state index contributed by atoms with van der Waals surface area (Å²) in [7, 11) is 0. The first-order valence-corrected chi connectivity index (χ1v) is 8.70. The first-order valence-electron chi connectivity index (χ1n) is 8.70. The predicted molar refractivity (Wildman–Crippen MR) is 85.6 cm³/mol. The lowest BCUT2D eigenvalue weighted by Gasteiger charge is -2.31.